The van der Waals surface area contributed by atoms with Crippen LogP contribution in [0, 0.1) is 0 Å². The van der Waals surface area contributed by atoms with Gasteiger partial charge in [0.2, 0.25) is 5.91 Å². The molecular formula is C17H22N2O3. The van der Waals surface area contributed by atoms with Crippen molar-refractivity contribution in [2.24, 2.45) is 7.05 Å². The summed E-state index contributed by atoms with van der Waals surface area (Å²) >= 11 is 0. The van der Waals surface area contributed by atoms with Crippen molar-refractivity contribution >= 4 is 22.8 Å². The van der Waals surface area contributed by atoms with Gasteiger partial charge in [-0.1, -0.05) is 18.2 Å². The molecule has 0 saturated heterocycles. The van der Waals surface area contributed by atoms with Gasteiger partial charge in [0.1, 0.15) is 0 Å². The molecule has 5 nitrogen and oxygen atoms in total. The number of rotatable bonds is 6. The van der Waals surface area contributed by atoms with E-state index in [9.17, 15) is 9.59 Å². The minimum absolute atomic E-state index is 0.0489. The smallest absolute Gasteiger partial charge is 0.311 e. The number of nitrogens with zero attached hydrogens (tertiary/aromatic N) is 1. The first-order valence-corrected chi connectivity index (χ1v) is 7.49. The molecule has 5 heteroatoms. The van der Waals surface area contributed by atoms with E-state index in [0.717, 1.165) is 22.2 Å². The fourth-order valence-electron chi connectivity index (χ4n) is 2.74. The van der Waals surface area contributed by atoms with E-state index in [-0.39, 0.29) is 18.3 Å². The number of esters is 1. The van der Waals surface area contributed by atoms with Gasteiger partial charge < -0.3 is 14.6 Å². The molecule has 0 unspecified atom stereocenters. The number of nitrogens with one attached hydrogen (secondary N) is 1. The van der Waals surface area contributed by atoms with E-state index < -0.39 is 0 Å². The van der Waals surface area contributed by atoms with Gasteiger partial charge in [-0.3, -0.25) is 9.59 Å². The van der Waals surface area contributed by atoms with Crippen molar-refractivity contribution in [3.05, 3.63) is 35.5 Å². The predicted octanol–water partition coefficient (Wildman–Crippen LogP) is 1.96. The fraction of sp³-hybridized carbons (Fsp3) is 0.412. The molecule has 1 aromatic carbocycles. The molecule has 1 amide bonds. The summed E-state index contributed by atoms with van der Waals surface area (Å²) in [5, 5.41) is 3.93. The molecule has 1 heterocycles. The predicted molar refractivity (Wildman–Crippen MR) is 85.6 cm³/mol. The van der Waals surface area contributed by atoms with Gasteiger partial charge in [-0.15, -0.1) is 0 Å². The van der Waals surface area contributed by atoms with Crippen LogP contribution in [0.2, 0.25) is 0 Å². The highest BCUT2D eigenvalue weighted by molar-refractivity contribution is 5.87. The molecule has 0 atom stereocenters. The largest absolute Gasteiger partial charge is 0.466 e. The van der Waals surface area contributed by atoms with E-state index in [1.54, 1.807) is 6.92 Å². The Labute approximate surface area is 130 Å². The normalized spacial score (nSPS) is 10.7. The number of amides is 1. The third-order valence-corrected chi connectivity index (χ3v) is 3.71. The molecule has 0 fully saturated rings. The Morgan fingerprint density at radius 3 is 2.68 bits per heavy atom. The van der Waals surface area contributed by atoms with Gasteiger partial charge in [0.05, 0.1) is 13.0 Å². The second kappa shape index (κ2) is 7.11. The Morgan fingerprint density at radius 2 is 2.00 bits per heavy atom. The molecule has 0 spiro atoms. The lowest BCUT2D eigenvalue weighted by Gasteiger charge is -2.08. The number of fused-ring (bicyclic) bond motifs is 1. The Hall–Kier alpha value is -2.30. The van der Waals surface area contributed by atoms with Gasteiger partial charge in [0.25, 0.3) is 0 Å². The highest BCUT2D eigenvalue weighted by atomic mass is 16.5. The summed E-state index contributed by atoms with van der Waals surface area (Å²) in [6, 6.07) is 8.05. The van der Waals surface area contributed by atoms with Crippen molar-refractivity contribution in [2.45, 2.75) is 26.7 Å². The molecule has 118 valence electrons. The number of hydrogen-bond acceptors (Lipinski definition) is 3. The first kappa shape index (κ1) is 16.1. The molecule has 22 heavy (non-hydrogen) atoms. The van der Waals surface area contributed by atoms with Gasteiger partial charge in [-0.2, -0.15) is 0 Å². The van der Waals surface area contributed by atoms with Gasteiger partial charge in [0, 0.05) is 37.1 Å². The molecule has 0 aliphatic heterocycles. The lowest BCUT2D eigenvalue weighted by Crippen LogP contribution is -2.23. The minimum atomic E-state index is -0.228. The summed E-state index contributed by atoms with van der Waals surface area (Å²) in [6.45, 7) is 4.24. The van der Waals surface area contributed by atoms with Crippen LogP contribution in [0.15, 0.2) is 24.3 Å². The summed E-state index contributed by atoms with van der Waals surface area (Å²) < 4.78 is 7.11. The van der Waals surface area contributed by atoms with Crippen LogP contribution in [0.5, 0.6) is 0 Å². The first-order chi connectivity index (χ1) is 10.5. The maximum Gasteiger partial charge on any atom is 0.311 e. The third kappa shape index (κ3) is 3.47. The van der Waals surface area contributed by atoms with E-state index in [1.165, 1.54) is 6.92 Å². The molecule has 1 N–H and O–H groups in total. The van der Waals surface area contributed by atoms with Crippen LogP contribution in [0.25, 0.3) is 10.9 Å². The summed E-state index contributed by atoms with van der Waals surface area (Å²) in [5.74, 6) is -0.277. The van der Waals surface area contributed by atoms with Crippen LogP contribution in [0.3, 0.4) is 0 Å². The summed E-state index contributed by atoms with van der Waals surface area (Å²) in [5.41, 5.74) is 3.13. The van der Waals surface area contributed by atoms with Crippen LogP contribution in [-0.4, -0.2) is 29.6 Å². The minimum Gasteiger partial charge on any atom is -0.466 e. The monoisotopic (exact) mass is 302 g/mol. The zero-order valence-corrected chi connectivity index (χ0v) is 13.3. The van der Waals surface area contributed by atoms with Crippen molar-refractivity contribution in [2.75, 3.05) is 13.2 Å². The number of hydrogen-bond donors (Lipinski definition) is 1. The topological polar surface area (TPSA) is 60.3 Å². The Bertz CT molecular complexity index is 689. The molecule has 0 bridgehead atoms. The summed E-state index contributed by atoms with van der Waals surface area (Å²) in [6.07, 6.45) is 0.935. The van der Waals surface area contributed by atoms with Gasteiger partial charge >= 0.3 is 5.97 Å². The van der Waals surface area contributed by atoms with Crippen LogP contribution < -0.4 is 5.32 Å². The van der Waals surface area contributed by atoms with Crippen molar-refractivity contribution in [3.8, 4) is 0 Å². The molecule has 0 aliphatic rings. The van der Waals surface area contributed by atoms with Crippen molar-refractivity contribution < 1.29 is 14.3 Å². The highest BCUT2D eigenvalue weighted by Crippen LogP contribution is 2.26. The van der Waals surface area contributed by atoms with E-state index in [2.05, 4.69) is 5.32 Å². The van der Waals surface area contributed by atoms with E-state index in [1.807, 2.05) is 35.9 Å². The summed E-state index contributed by atoms with van der Waals surface area (Å²) in [7, 11) is 1.96. The number of aromatic nitrogens is 1. The maximum absolute atomic E-state index is 11.9. The van der Waals surface area contributed by atoms with E-state index in [0.29, 0.717) is 19.6 Å². The second-order valence-corrected chi connectivity index (χ2v) is 5.22. The average Bonchev–Trinajstić information content (AvgIpc) is 2.73. The lowest BCUT2D eigenvalue weighted by atomic mass is 10.1. The van der Waals surface area contributed by atoms with Crippen LogP contribution in [0.4, 0.5) is 0 Å². The maximum atomic E-state index is 11.9. The molecule has 2 rings (SSSR count). The van der Waals surface area contributed by atoms with Crippen LogP contribution in [-0.2, 0) is 34.2 Å². The quantitative estimate of drug-likeness (QED) is 0.830. The summed E-state index contributed by atoms with van der Waals surface area (Å²) in [4.78, 5) is 22.9. The van der Waals surface area contributed by atoms with Gasteiger partial charge in [0.15, 0.2) is 0 Å². The van der Waals surface area contributed by atoms with Gasteiger partial charge in [-0.25, -0.2) is 0 Å². The molecular weight excluding hydrogens is 280 g/mol. The van der Waals surface area contributed by atoms with Crippen LogP contribution >= 0.6 is 0 Å². The standard InChI is InChI=1S/C17H22N2O3/c1-4-22-17(21)11-16-14(9-10-18-12(2)20)13-7-5-6-8-15(13)19(16)3/h5-8H,4,9-11H2,1-3H3,(H,18,20). The zero-order valence-electron chi connectivity index (χ0n) is 13.3. The van der Waals surface area contributed by atoms with E-state index in [4.69, 9.17) is 4.74 Å². The Balaban J connectivity index is 2.36. The number of carbonyl (C=O) groups is 2. The Morgan fingerprint density at radius 1 is 1.27 bits per heavy atom. The molecule has 2 aromatic rings. The molecule has 0 radical (unpaired) electrons. The SMILES string of the molecule is CCOC(=O)Cc1c(CCNC(C)=O)c2ccccc2n1C. The molecule has 1 aromatic heterocycles. The zero-order chi connectivity index (χ0) is 16.1. The van der Waals surface area contributed by atoms with Crippen molar-refractivity contribution in [1.29, 1.82) is 0 Å². The third-order valence-electron chi connectivity index (χ3n) is 3.71. The first-order valence-electron chi connectivity index (χ1n) is 7.49. The van der Waals surface area contributed by atoms with E-state index >= 15 is 0 Å². The second-order valence-electron chi connectivity index (χ2n) is 5.22. The molecule has 0 saturated carbocycles. The number of carbonyl (C=O) groups excluding carboxylic acids is 2. The van der Waals surface area contributed by atoms with Crippen molar-refractivity contribution in [3.63, 3.8) is 0 Å². The average molecular weight is 302 g/mol. The fourth-order valence-corrected chi connectivity index (χ4v) is 2.74. The molecule has 0 aliphatic carbocycles. The lowest BCUT2D eigenvalue weighted by molar-refractivity contribution is -0.142. The van der Waals surface area contributed by atoms with Crippen molar-refractivity contribution in [1.82, 2.24) is 9.88 Å². The number of para-hydroxylation sites is 1. The number of benzene rings is 1. The van der Waals surface area contributed by atoms with Crippen LogP contribution in [0.1, 0.15) is 25.1 Å². The number of ether oxygens (including phenoxy) is 1. The number of aryl methyl sites for hydroxylation is 1. The van der Waals surface area contributed by atoms with Gasteiger partial charge in [-0.05, 0) is 25.0 Å². The highest BCUT2D eigenvalue weighted by Gasteiger charge is 2.17. The Kier molecular flexibility index (Phi) is 5.20.